The molecule has 2 aromatic rings. The number of amides is 1. The third-order valence-corrected chi connectivity index (χ3v) is 5.22. The highest BCUT2D eigenvalue weighted by atomic mass is 79.9. The van der Waals surface area contributed by atoms with Gasteiger partial charge in [-0.2, -0.15) is 0 Å². The van der Waals surface area contributed by atoms with Crippen LogP contribution in [0.25, 0.3) is 0 Å². The Bertz CT molecular complexity index is 659. The Balaban J connectivity index is 2.21. The number of alkyl halides is 1. The van der Waals surface area contributed by atoms with Crippen LogP contribution in [0.4, 0.5) is 5.00 Å². The van der Waals surface area contributed by atoms with Gasteiger partial charge in [-0.3, -0.25) is 14.9 Å². The maximum absolute atomic E-state index is 12.3. The lowest BCUT2D eigenvalue weighted by Crippen LogP contribution is -2.44. The second kappa shape index (κ2) is 6.36. The maximum atomic E-state index is 12.3. The predicted octanol–water partition coefficient (Wildman–Crippen LogP) is 3.70. The molecule has 1 aromatic heterocycles. The molecule has 0 saturated heterocycles. The minimum atomic E-state index is -0.586. The maximum Gasteiger partial charge on any atom is 0.324 e. The van der Waals surface area contributed by atoms with Crippen LogP contribution in [0.3, 0.4) is 0 Å². The summed E-state index contributed by atoms with van der Waals surface area (Å²) in [6, 6.07) is 12.4. The van der Waals surface area contributed by atoms with E-state index in [1.54, 1.807) is 0 Å². The van der Waals surface area contributed by atoms with Crippen LogP contribution in [0.5, 0.6) is 0 Å². The van der Waals surface area contributed by atoms with Crippen molar-refractivity contribution in [3.05, 3.63) is 63.0 Å². The quantitative estimate of drug-likeness (QED) is 0.496. The van der Waals surface area contributed by atoms with Gasteiger partial charge in [0, 0.05) is 11.4 Å². The first-order valence-corrected chi connectivity index (χ1v) is 8.08. The monoisotopic (exact) mass is 368 g/mol. The van der Waals surface area contributed by atoms with Gasteiger partial charge in [0.25, 0.3) is 5.91 Å². The Morgan fingerprint density at radius 2 is 2.00 bits per heavy atom. The highest BCUT2D eigenvalue weighted by Crippen LogP contribution is 2.27. The normalized spacial score (nSPS) is 13.4. The zero-order valence-corrected chi connectivity index (χ0v) is 13.6. The summed E-state index contributed by atoms with van der Waals surface area (Å²) in [6.45, 7) is 1.90. The Morgan fingerprint density at radius 1 is 1.33 bits per heavy atom. The van der Waals surface area contributed by atoms with Crippen molar-refractivity contribution >= 4 is 38.2 Å². The van der Waals surface area contributed by atoms with Crippen LogP contribution in [-0.4, -0.2) is 16.2 Å². The summed E-state index contributed by atoms with van der Waals surface area (Å²) < 4.78 is 0. The van der Waals surface area contributed by atoms with Gasteiger partial charge >= 0.3 is 5.00 Å². The molecule has 1 unspecified atom stereocenters. The molecule has 0 bridgehead atoms. The van der Waals surface area contributed by atoms with Crippen molar-refractivity contribution in [1.82, 2.24) is 5.32 Å². The predicted molar refractivity (Wildman–Crippen MR) is 86.0 cm³/mol. The Hall–Kier alpha value is -1.73. The second-order valence-electron chi connectivity index (χ2n) is 4.68. The molecule has 5 nitrogen and oxygen atoms in total. The van der Waals surface area contributed by atoms with Crippen LogP contribution in [0.2, 0.25) is 0 Å². The molecule has 1 aromatic carbocycles. The third-order valence-electron chi connectivity index (χ3n) is 3.06. The van der Waals surface area contributed by atoms with Gasteiger partial charge in [0.1, 0.15) is 0 Å². The van der Waals surface area contributed by atoms with Crippen LogP contribution < -0.4 is 5.32 Å². The van der Waals surface area contributed by atoms with Crippen LogP contribution in [-0.2, 0) is 5.54 Å². The molecule has 0 saturated carbocycles. The van der Waals surface area contributed by atoms with Crippen LogP contribution in [0.15, 0.2) is 42.5 Å². The van der Waals surface area contributed by atoms with Crippen molar-refractivity contribution < 1.29 is 9.72 Å². The summed E-state index contributed by atoms with van der Waals surface area (Å²) in [5.74, 6) is -0.320. The lowest BCUT2D eigenvalue weighted by molar-refractivity contribution is -0.380. The molecule has 1 N–H and O–H groups in total. The zero-order valence-electron chi connectivity index (χ0n) is 11.2. The Morgan fingerprint density at radius 3 is 2.52 bits per heavy atom. The van der Waals surface area contributed by atoms with Gasteiger partial charge in [-0.1, -0.05) is 57.6 Å². The highest BCUT2D eigenvalue weighted by molar-refractivity contribution is 9.09. The standard InChI is InChI=1S/C14H13BrN2O3S/c1-14(9-15,10-5-3-2-4-6-10)16-13(18)11-7-8-12(21-11)17(19)20/h2-8H,9H2,1H3,(H,16,18). The molecule has 0 aliphatic carbocycles. The van der Waals surface area contributed by atoms with Crippen molar-refractivity contribution in [2.24, 2.45) is 0 Å². The van der Waals surface area contributed by atoms with E-state index in [0.717, 1.165) is 16.9 Å². The number of hydrogen-bond donors (Lipinski definition) is 1. The summed E-state index contributed by atoms with van der Waals surface area (Å²) >= 11 is 4.29. The molecule has 0 aliphatic rings. The van der Waals surface area contributed by atoms with Gasteiger partial charge in [0.05, 0.1) is 15.3 Å². The number of thiophene rings is 1. The molecule has 0 spiro atoms. The average molecular weight is 369 g/mol. The number of halogens is 1. The number of hydrogen-bond acceptors (Lipinski definition) is 4. The van der Waals surface area contributed by atoms with E-state index < -0.39 is 10.5 Å². The van der Waals surface area contributed by atoms with E-state index in [2.05, 4.69) is 21.2 Å². The van der Waals surface area contributed by atoms with Gasteiger partial charge in [0.15, 0.2) is 0 Å². The number of nitrogens with one attached hydrogen (secondary N) is 1. The molecule has 1 heterocycles. The fourth-order valence-electron chi connectivity index (χ4n) is 1.85. The molecule has 21 heavy (non-hydrogen) atoms. The minimum absolute atomic E-state index is 0.0413. The number of carbonyl (C=O) groups excluding carboxylic acids is 1. The lowest BCUT2D eigenvalue weighted by atomic mass is 9.94. The second-order valence-corrected chi connectivity index (χ2v) is 6.30. The topological polar surface area (TPSA) is 72.2 Å². The van der Waals surface area contributed by atoms with Gasteiger partial charge in [-0.25, -0.2) is 0 Å². The largest absolute Gasteiger partial charge is 0.341 e. The van der Waals surface area contributed by atoms with Crippen molar-refractivity contribution in [3.8, 4) is 0 Å². The fraction of sp³-hybridized carbons (Fsp3) is 0.214. The van der Waals surface area contributed by atoms with E-state index in [1.165, 1.54) is 12.1 Å². The van der Waals surface area contributed by atoms with E-state index in [9.17, 15) is 14.9 Å². The SMILES string of the molecule is CC(CBr)(NC(=O)c1ccc([N+](=O)[O-])s1)c1ccccc1. The van der Waals surface area contributed by atoms with Gasteiger partial charge in [0.2, 0.25) is 0 Å². The first-order chi connectivity index (χ1) is 9.96. The molecule has 0 aliphatic heterocycles. The van der Waals surface area contributed by atoms with Gasteiger partial charge in [-0.05, 0) is 18.6 Å². The van der Waals surface area contributed by atoms with E-state index >= 15 is 0 Å². The van der Waals surface area contributed by atoms with Crippen LogP contribution in [0, 0.1) is 10.1 Å². The van der Waals surface area contributed by atoms with Gasteiger partial charge < -0.3 is 5.32 Å². The molecule has 1 amide bonds. The lowest BCUT2D eigenvalue weighted by Gasteiger charge is -2.29. The average Bonchev–Trinajstić information content (AvgIpc) is 2.98. The van der Waals surface area contributed by atoms with E-state index in [4.69, 9.17) is 0 Å². The van der Waals surface area contributed by atoms with Crippen molar-refractivity contribution in [3.63, 3.8) is 0 Å². The number of rotatable bonds is 5. The molecule has 1 atom stereocenters. The van der Waals surface area contributed by atoms with Crippen molar-refractivity contribution in [1.29, 1.82) is 0 Å². The van der Waals surface area contributed by atoms with Gasteiger partial charge in [-0.15, -0.1) is 0 Å². The van der Waals surface area contributed by atoms with E-state index in [1.807, 2.05) is 37.3 Å². The first-order valence-electron chi connectivity index (χ1n) is 6.14. The molecule has 0 fully saturated rings. The summed E-state index contributed by atoms with van der Waals surface area (Å²) in [5, 5.41) is 14.1. The van der Waals surface area contributed by atoms with Crippen LogP contribution in [0.1, 0.15) is 22.2 Å². The van der Waals surface area contributed by atoms with Crippen molar-refractivity contribution in [2.75, 3.05) is 5.33 Å². The number of nitro groups is 1. The summed E-state index contributed by atoms with van der Waals surface area (Å²) in [5.41, 5.74) is 0.373. The van der Waals surface area contributed by atoms with Crippen LogP contribution >= 0.6 is 27.3 Å². The number of benzene rings is 1. The van der Waals surface area contributed by atoms with E-state index in [-0.39, 0.29) is 10.9 Å². The molecule has 2 rings (SSSR count). The number of nitrogens with zero attached hydrogens (tertiary/aromatic N) is 1. The summed E-state index contributed by atoms with van der Waals surface area (Å²) in [4.78, 5) is 22.8. The summed E-state index contributed by atoms with van der Waals surface area (Å²) in [7, 11) is 0. The molecular formula is C14H13BrN2O3S. The third kappa shape index (κ3) is 3.48. The van der Waals surface area contributed by atoms with E-state index in [0.29, 0.717) is 10.2 Å². The Labute approximate surface area is 134 Å². The first kappa shape index (κ1) is 15.7. The fourth-order valence-corrected chi connectivity index (χ4v) is 3.03. The van der Waals surface area contributed by atoms with Crippen molar-refractivity contribution in [2.45, 2.75) is 12.5 Å². The highest BCUT2D eigenvalue weighted by Gasteiger charge is 2.28. The smallest absolute Gasteiger partial charge is 0.324 e. The Kier molecular flexibility index (Phi) is 4.74. The minimum Gasteiger partial charge on any atom is -0.341 e. The number of carbonyl (C=O) groups is 1. The molecule has 7 heteroatoms. The zero-order chi connectivity index (χ0) is 15.5. The molecular weight excluding hydrogens is 356 g/mol. The summed E-state index contributed by atoms with van der Waals surface area (Å²) in [6.07, 6.45) is 0. The molecule has 110 valence electrons. The molecule has 0 radical (unpaired) electrons.